The fraction of sp³-hybridized carbons (Fsp3) is 0.778. The van der Waals surface area contributed by atoms with Crippen LogP contribution in [0.5, 0.6) is 0 Å². The van der Waals surface area contributed by atoms with Crippen molar-refractivity contribution in [3.63, 3.8) is 0 Å². The molecule has 0 saturated heterocycles. The van der Waals surface area contributed by atoms with Crippen LogP contribution >= 0.6 is 0 Å². The molecule has 0 aromatic rings. The smallest absolute Gasteiger partial charge is 0.109 e. The van der Waals surface area contributed by atoms with E-state index in [-0.39, 0.29) is 6.61 Å². The minimum Gasteiger partial charge on any atom is -0.384 e. The molecule has 70 valence electrons. The second kappa shape index (κ2) is 8.54. The summed E-state index contributed by atoms with van der Waals surface area (Å²) in [5.74, 6) is 5.21. The summed E-state index contributed by atoms with van der Waals surface area (Å²) in [4.78, 5) is 2.15. The van der Waals surface area contributed by atoms with Crippen LogP contribution in [-0.4, -0.2) is 43.0 Å². The first kappa shape index (κ1) is 11.4. The van der Waals surface area contributed by atoms with Crippen molar-refractivity contribution in [2.75, 3.05) is 33.0 Å². The molecule has 1 N–H and O–H groups in total. The third kappa shape index (κ3) is 6.17. The van der Waals surface area contributed by atoms with Gasteiger partial charge in [-0.15, -0.1) is 0 Å². The number of nitrogens with zero attached hydrogens (tertiary/aromatic N) is 1. The molecule has 0 aliphatic carbocycles. The highest BCUT2D eigenvalue weighted by molar-refractivity contribution is 4.98. The molecule has 0 bridgehead atoms. The van der Waals surface area contributed by atoms with Gasteiger partial charge in [-0.2, -0.15) is 0 Å². The molecule has 0 unspecified atom stereocenters. The van der Waals surface area contributed by atoms with Gasteiger partial charge in [-0.05, 0) is 13.1 Å². The Morgan fingerprint density at radius 2 is 1.92 bits per heavy atom. The van der Waals surface area contributed by atoms with Crippen LogP contribution in [-0.2, 0) is 4.74 Å². The Labute approximate surface area is 74.3 Å². The van der Waals surface area contributed by atoms with Crippen LogP contribution in [0.25, 0.3) is 0 Å². The second-order valence-electron chi connectivity index (χ2n) is 2.29. The quantitative estimate of drug-likeness (QED) is 0.367. The second-order valence-corrected chi connectivity index (χ2v) is 2.29. The van der Waals surface area contributed by atoms with E-state index in [0.29, 0.717) is 13.3 Å². The Morgan fingerprint density at radius 1 is 1.25 bits per heavy atom. The van der Waals surface area contributed by atoms with Crippen molar-refractivity contribution in [2.24, 2.45) is 0 Å². The van der Waals surface area contributed by atoms with Gasteiger partial charge in [0.05, 0.1) is 0 Å². The van der Waals surface area contributed by atoms with Gasteiger partial charge in [-0.3, -0.25) is 4.90 Å². The highest BCUT2D eigenvalue weighted by Gasteiger charge is 1.95. The first-order chi connectivity index (χ1) is 5.85. The minimum atomic E-state index is -0.0887. The van der Waals surface area contributed by atoms with Crippen LogP contribution in [0.1, 0.15) is 13.8 Å². The molecule has 0 radical (unpaired) electrons. The van der Waals surface area contributed by atoms with Gasteiger partial charge < -0.3 is 9.84 Å². The van der Waals surface area contributed by atoms with Crippen molar-refractivity contribution >= 4 is 0 Å². The first-order valence-corrected chi connectivity index (χ1v) is 4.21. The molecule has 12 heavy (non-hydrogen) atoms. The van der Waals surface area contributed by atoms with Gasteiger partial charge in [0.2, 0.25) is 0 Å². The van der Waals surface area contributed by atoms with Crippen molar-refractivity contribution in [1.29, 1.82) is 0 Å². The summed E-state index contributed by atoms with van der Waals surface area (Å²) in [7, 11) is 0. The zero-order valence-corrected chi connectivity index (χ0v) is 7.84. The van der Waals surface area contributed by atoms with Crippen LogP contribution in [0.4, 0.5) is 0 Å². The minimum absolute atomic E-state index is 0.0887. The van der Waals surface area contributed by atoms with E-state index in [0.717, 1.165) is 13.1 Å². The average Bonchev–Trinajstić information content (AvgIpc) is 2.11. The van der Waals surface area contributed by atoms with Crippen LogP contribution in [0, 0.1) is 11.8 Å². The highest BCUT2D eigenvalue weighted by atomic mass is 16.5. The summed E-state index contributed by atoms with van der Waals surface area (Å²) in [6.45, 7) is 7.09. The Bertz CT molecular complexity index is 144. The summed E-state index contributed by atoms with van der Waals surface area (Å²) >= 11 is 0. The van der Waals surface area contributed by atoms with E-state index >= 15 is 0 Å². The monoisotopic (exact) mass is 171 g/mol. The van der Waals surface area contributed by atoms with Crippen molar-refractivity contribution in [1.82, 2.24) is 4.90 Å². The molecule has 0 heterocycles. The molecule has 0 amide bonds. The summed E-state index contributed by atoms with van der Waals surface area (Å²) in [5.41, 5.74) is 0. The Balaban J connectivity index is 3.28. The predicted octanol–water partition coefficient (Wildman–Crippen LogP) is 0.298. The third-order valence-corrected chi connectivity index (χ3v) is 1.55. The molecule has 0 aliphatic rings. The maximum Gasteiger partial charge on any atom is 0.109 e. The van der Waals surface area contributed by atoms with Crippen molar-refractivity contribution in [2.45, 2.75) is 13.8 Å². The van der Waals surface area contributed by atoms with Gasteiger partial charge in [-0.25, -0.2) is 0 Å². The molecular weight excluding hydrogens is 154 g/mol. The first-order valence-electron chi connectivity index (χ1n) is 4.21. The molecule has 0 aromatic carbocycles. The van der Waals surface area contributed by atoms with E-state index in [1.807, 2.05) is 0 Å². The molecular formula is C9H17NO2. The average molecular weight is 171 g/mol. The van der Waals surface area contributed by atoms with Gasteiger partial charge >= 0.3 is 0 Å². The lowest BCUT2D eigenvalue weighted by Crippen LogP contribution is -2.25. The Kier molecular flexibility index (Phi) is 8.14. The molecule has 0 atom stereocenters. The van der Waals surface area contributed by atoms with E-state index in [9.17, 15) is 0 Å². The van der Waals surface area contributed by atoms with E-state index in [4.69, 9.17) is 9.84 Å². The molecule has 0 aromatic heterocycles. The lowest BCUT2D eigenvalue weighted by molar-refractivity contribution is 0.0528. The van der Waals surface area contributed by atoms with Crippen molar-refractivity contribution in [3.8, 4) is 11.8 Å². The van der Waals surface area contributed by atoms with E-state index < -0.39 is 0 Å². The highest BCUT2D eigenvalue weighted by Crippen LogP contribution is 1.86. The van der Waals surface area contributed by atoms with Crippen LogP contribution in [0.15, 0.2) is 0 Å². The van der Waals surface area contributed by atoms with Gasteiger partial charge in [0.15, 0.2) is 0 Å². The lowest BCUT2D eigenvalue weighted by Gasteiger charge is -2.16. The summed E-state index contributed by atoms with van der Waals surface area (Å²) in [6, 6.07) is 0. The number of rotatable bonds is 5. The number of hydrogen-bond acceptors (Lipinski definition) is 3. The zero-order chi connectivity index (χ0) is 9.23. The maximum absolute atomic E-state index is 8.33. The van der Waals surface area contributed by atoms with E-state index in [2.05, 4.69) is 30.6 Å². The Morgan fingerprint density at radius 3 is 2.42 bits per heavy atom. The van der Waals surface area contributed by atoms with Gasteiger partial charge in [0, 0.05) is 0 Å². The van der Waals surface area contributed by atoms with Crippen LogP contribution in [0.3, 0.4) is 0 Å². The molecule has 3 heteroatoms. The third-order valence-electron chi connectivity index (χ3n) is 1.55. The topological polar surface area (TPSA) is 32.7 Å². The van der Waals surface area contributed by atoms with Crippen LogP contribution in [0.2, 0.25) is 0 Å². The summed E-state index contributed by atoms with van der Waals surface area (Å²) in [6.07, 6.45) is 0. The summed E-state index contributed by atoms with van der Waals surface area (Å²) in [5, 5.41) is 8.33. The van der Waals surface area contributed by atoms with Gasteiger partial charge in [-0.1, -0.05) is 25.7 Å². The van der Waals surface area contributed by atoms with Gasteiger partial charge in [0.1, 0.15) is 19.9 Å². The maximum atomic E-state index is 8.33. The van der Waals surface area contributed by atoms with Crippen molar-refractivity contribution < 1.29 is 9.84 Å². The number of aliphatic hydroxyl groups is 1. The molecule has 0 fully saturated rings. The zero-order valence-electron chi connectivity index (χ0n) is 7.84. The normalized spacial score (nSPS) is 9.67. The van der Waals surface area contributed by atoms with Crippen molar-refractivity contribution in [3.05, 3.63) is 0 Å². The largest absolute Gasteiger partial charge is 0.384 e. The molecule has 0 saturated carbocycles. The summed E-state index contributed by atoms with van der Waals surface area (Å²) < 4.78 is 5.22. The predicted molar refractivity (Wildman–Crippen MR) is 48.6 cm³/mol. The van der Waals surface area contributed by atoms with Gasteiger partial charge in [0.25, 0.3) is 0 Å². The molecule has 0 aliphatic heterocycles. The number of hydrogen-bond donors (Lipinski definition) is 1. The fourth-order valence-corrected chi connectivity index (χ4v) is 0.739. The lowest BCUT2D eigenvalue weighted by atomic mass is 10.6. The van der Waals surface area contributed by atoms with Crippen LogP contribution < -0.4 is 0 Å². The molecule has 0 rings (SSSR count). The standard InChI is InChI=1S/C9H17NO2/c1-3-10(4-2)9-12-8-6-5-7-11/h11H,3-4,7-9H2,1-2H3. The SMILES string of the molecule is CCN(CC)COCC#CCO. The molecule has 0 spiro atoms. The van der Waals surface area contributed by atoms with E-state index in [1.165, 1.54) is 0 Å². The Hall–Kier alpha value is -0.560. The number of ether oxygens (including phenoxy) is 1. The number of aliphatic hydroxyl groups excluding tert-OH is 1. The van der Waals surface area contributed by atoms with E-state index in [1.54, 1.807) is 0 Å². The molecule has 3 nitrogen and oxygen atoms in total. The fourth-order valence-electron chi connectivity index (χ4n) is 0.739.